The van der Waals surface area contributed by atoms with Crippen LogP contribution in [-0.2, 0) is 11.3 Å². The van der Waals surface area contributed by atoms with Crippen molar-refractivity contribution in [2.24, 2.45) is 4.99 Å². The Morgan fingerprint density at radius 1 is 1.18 bits per heavy atom. The van der Waals surface area contributed by atoms with Crippen molar-refractivity contribution in [2.75, 3.05) is 30.0 Å². The van der Waals surface area contributed by atoms with E-state index in [1.807, 2.05) is 49.2 Å². The number of amides is 1. The van der Waals surface area contributed by atoms with Crippen LogP contribution in [0.25, 0.3) is 0 Å². The highest BCUT2D eigenvalue weighted by atomic mass is 16.5. The molecule has 3 aromatic rings. The first kappa shape index (κ1) is 23.7. The van der Waals surface area contributed by atoms with Gasteiger partial charge in [0, 0.05) is 42.2 Å². The number of benzene rings is 2. The summed E-state index contributed by atoms with van der Waals surface area (Å²) in [6, 6.07) is 13.8. The number of anilines is 3. The number of nitrogens with zero attached hydrogens (tertiary/aromatic N) is 4. The summed E-state index contributed by atoms with van der Waals surface area (Å²) in [6.45, 7) is 7.17. The van der Waals surface area contributed by atoms with Crippen molar-refractivity contribution in [3.05, 3.63) is 70.9 Å². The average Bonchev–Trinajstić information content (AvgIpc) is 2.79. The van der Waals surface area contributed by atoms with E-state index in [9.17, 15) is 4.79 Å². The molecule has 0 unspecified atom stereocenters. The molecule has 8 heteroatoms. The molecular formula is C25H30N6O2. The van der Waals surface area contributed by atoms with Crippen LogP contribution >= 0.6 is 0 Å². The van der Waals surface area contributed by atoms with E-state index in [1.54, 1.807) is 6.20 Å². The maximum absolute atomic E-state index is 11.5. The number of carbonyl (C=O) groups excluding carboxylic acids is 1. The summed E-state index contributed by atoms with van der Waals surface area (Å²) in [5.74, 6) is 1.55. The number of aliphatic imine (C=N–C) groups is 1. The van der Waals surface area contributed by atoms with Gasteiger partial charge in [-0.1, -0.05) is 38.1 Å². The van der Waals surface area contributed by atoms with Crippen molar-refractivity contribution in [3.8, 4) is 5.75 Å². The van der Waals surface area contributed by atoms with E-state index in [1.165, 1.54) is 5.56 Å². The summed E-state index contributed by atoms with van der Waals surface area (Å²) in [5.41, 5.74) is 16.6. The van der Waals surface area contributed by atoms with Gasteiger partial charge in [-0.3, -0.25) is 4.79 Å². The molecular weight excluding hydrogens is 416 g/mol. The van der Waals surface area contributed by atoms with Crippen molar-refractivity contribution in [1.29, 1.82) is 0 Å². The van der Waals surface area contributed by atoms with E-state index in [4.69, 9.17) is 16.2 Å². The smallest absolute Gasteiger partial charge is 0.233 e. The van der Waals surface area contributed by atoms with Crippen LogP contribution in [0.5, 0.6) is 5.75 Å². The van der Waals surface area contributed by atoms with E-state index in [-0.39, 0.29) is 5.95 Å². The predicted molar refractivity (Wildman–Crippen MR) is 133 cm³/mol. The molecule has 8 nitrogen and oxygen atoms in total. The number of nitrogens with two attached hydrogens (primary N) is 2. The summed E-state index contributed by atoms with van der Waals surface area (Å²) in [7, 11) is 1.93. The molecule has 1 amide bonds. The number of hydrogen-bond donors (Lipinski definition) is 2. The molecule has 4 N–H and O–H groups in total. The molecule has 0 aliphatic heterocycles. The summed E-state index contributed by atoms with van der Waals surface area (Å²) in [4.78, 5) is 25.8. The molecule has 0 radical (unpaired) electrons. The Labute approximate surface area is 194 Å². The second kappa shape index (κ2) is 10.6. The summed E-state index contributed by atoms with van der Waals surface area (Å²) >= 11 is 0. The second-order valence-corrected chi connectivity index (χ2v) is 7.97. The van der Waals surface area contributed by atoms with E-state index < -0.39 is 0 Å². The first-order chi connectivity index (χ1) is 15.8. The Morgan fingerprint density at radius 2 is 1.91 bits per heavy atom. The lowest BCUT2D eigenvalue weighted by Gasteiger charge is -2.24. The lowest BCUT2D eigenvalue weighted by atomic mass is 9.96. The summed E-state index contributed by atoms with van der Waals surface area (Å²) in [5, 5.41) is 0. The fraction of sp³-hybridized carbons (Fsp3) is 0.280. The fourth-order valence-electron chi connectivity index (χ4n) is 3.57. The van der Waals surface area contributed by atoms with Gasteiger partial charge < -0.3 is 21.1 Å². The third-order valence-corrected chi connectivity index (χ3v) is 5.30. The minimum absolute atomic E-state index is 0.130. The van der Waals surface area contributed by atoms with Crippen molar-refractivity contribution in [3.63, 3.8) is 0 Å². The SMILES string of the molecule is CCOc1ccc(N(C)Cc2cnc(N)nc2N)c(C(=NC=O)c2ccc(C(C)C)cc2)c1. The van der Waals surface area contributed by atoms with Gasteiger partial charge in [-0.15, -0.1) is 0 Å². The zero-order valence-electron chi connectivity index (χ0n) is 19.4. The topological polar surface area (TPSA) is 120 Å². The van der Waals surface area contributed by atoms with Gasteiger partial charge in [0.1, 0.15) is 11.6 Å². The molecule has 1 heterocycles. The maximum atomic E-state index is 11.5. The number of nitrogen functional groups attached to an aromatic ring is 2. The zero-order chi connectivity index (χ0) is 24.0. The largest absolute Gasteiger partial charge is 0.494 e. The third-order valence-electron chi connectivity index (χ3n) is 5.30. The molecule has 2 aromatic carbocycles. The van der Waals surface area contributed by atoms with E-state index >= 15 is 0 Å². The fourth-order valence-corrected chi connectivity index (χ4v) is 3.57. The van der Waals surface area contributed by atoms with Crippen LogP contribution in [0.4, 0.5) is 17.5 Å². The third kappa shape index (κ3) is 5.65. The highest BCUT2D eigenvalue weighted by Gasteiger charge is 2.18. The van der Waals surface area contributed by atoms with Gasteiger partial charge >= 0.3 is 0 Å². The van der Waals surface area contributed by atoms with Gasteiger partial charge in [0.2, 0.25) is 12.4 Å². The van der Waals surface area contributed by atoms with Gasteiger partial charge in [0.25, 0.3) is 0 Å². The molecule has 0 saturated heterocycles. The molecule has 0 aliphatic rings. The van der Waals surface area contributed by atoms with Crippen molar-refractivity contribution >= 4 is 29.6 Å². The number of aromatic nitrogens is 2. The second-order valence-electron chi connectivity index (χ2n) is 7.97. The minimum Gasteiger partial charge on any atom is -0.494 e. The van der Waals surface area contributed by atoms with Gasteiger partial charge in [0.15, 0.2) is 0 Å². The standard InChI is InChI=1S/C25H30N6O2/c1-5-33-20-10-11-22(31(4)14-19-13-28-25(27)30-24(19)26)21(12-20)23(29-15-32)18-8-6-17(7-9-18)16(2)3/h6-13,15-16H,5,14H2,1-4H3,(H4,26,27,28,30). The molecule has 3 rings (SSSR count). The van der Waals surface area contributed by atoms with Gasteiger partial charge in [-0.05, 0) is 36.6 Å². The number of hydrogen-bond acceptors (Lipinski definition) is 7. The molecule has 1 aromatic heterocycles. The molecule has 0 saturated carbocycles. The number of rotatable bonds is 9. The zero-order valence-corrected chi connectivity index (χ0v) is 19.4. The monoisotopic (exact) mass is 446 g/mol. The van der Waals surface area contributed by atoms with Gasteiger partial charge in [-0.25, -0.2) is 9.98 Å². The van der Waals surface area contributed by atoms with Gasteiger partial charge in [-0.2, -0.15) is 4.98 Å². The highest BCUT2D eigenvalue weighted by Crippen LogP contribution is 2.30. The Kier molecular flexibility index (Phi) is 7.61. The summed E-state index contributed by atoms with van der Waals surface area (Å²) < 4.78 is 5.73. The van der Waals surface area contributed by atoms with Crippen LogP contribution in [-0.4, -0.2) is 35.7 Å². The Bertz CT molecular complexity index is 1140. The normalized spacial score (nSPS) is 11.5. The van der Waals surface area contributed by atoms with Crippen LogP contribution in [0.15, 0.2) is 53.7 Å². The lowest BCUT2D eigenvalue weighted by Crippen LogP contribution is -2.21. The first-order valence-corrected chi connectivity index (χ1v) is 10.8. The van der Waals surface area contributed by atoms with Crippen LogP contribution in [0.3, 0.4) is 0 Å². The van der Waals surface area contributed by atoms with Crippen LogP contribution in [0.1, 0.15) is 48.9 Å². The quantitative estimate of drug-likeness (QED) is 0.379. The average molecular weight is 447 g/mol. The van der Waals surface area contributed by atoms with Crippen LogP contribution < -0.4 is 21.1 Å². The predicted octanol–water partition coefficient (Wildman–Crippen LogP) is 3.79. The Morgan fingerprint density at radius 3 is 2.52 bits per heavy atom. The number of ether oxygens (including phenoxy) is 1. The van der Waals surface area contributed by atoms with E-state index in [2.05, 4.69) is 40.9 Å². The highest BCUT2D eigenvalue weighted by molar-refractivity contribution is 6.18. The van der Waals surface area contributed by atoms with E-state index in [0.717, 1.165) is 22.4 Å². The molecule has 0 spiro atoms. The van der Waals surface area contributed by atoms with Crippen molar-refractivity contribution in [2.45, 2.75) is 33.2 Å². The van der Waals surface area contributed by atoms with Crippen molar-refractivity contribution in [1.82, 2.24) is 9.97 Å². The molecule has 0 bridgehead atoms. The molecule has 33 heavy (non-hydrogen) atoms. The minimum atomic E-state index is 0.130. The molecule has 0 fully saturated rings. The van der Waals surface area contributed by atoms with E-state index in [0.29, 0.717) is 42.8 Å². The van der Waals surface area contributed by atoms with Crippen molar-refractivity contribution < 1.29 is 9.53 Å². The van der Waals surface area contributed by atoms with Crippen LogP contribution in [0.2, 0.25) is 0 Å². The Balaban J connectivity index is 2.07. The lowest BCUT2D eigenvalue weighted by molar-refractivity contribution is -0.106. The molecule has 0 aliphatic carbocycles. The first-order valence-electron chi connectivity index (χ1n) is 10.8. The van der Waals surface area contributed by atoms with Gasteiger partial charge in [0.05, 0.1) is 12.3 Å². The number of carbonyl (C=O) groups is 1. The summed E-state index contributed by atoms with van der Waals surface area (Å²) in [6.07, 6.45) is 2.18. The Hall–Kier alpha value is -3.94. The molecule has 172 valence electrons. The maximum Gasteiger partial charge on any atom is 0.233 e. The van der Waals surface area contributed by atoms with Crippen LogP contribution in [0, 0.1) is 0 Å². The molecule has 0 atom stereocenters.